The first-order valence-electron chi connectivity index (χ1n) is 11.1. The van der Waals surface area contributed by atoms with Crippen LogP contribution in [-0.2, 0) is 5.41 Å². The quantitative estimate of drug-likeness (QED) is 0.311. The number of imidazole rings is 1. The summed E-state index contributed by atoms with van der Waals surface area (Å²) in [7, 11) is 0. The van der Waals surface area contributed by atoms with Gasteiger partial charge >= 0.3 is 6.03 Å². The highest BCUT2D eigenvalue weighted by molar-refractivity contribution is 5.99. The molecular formula is C26H22F2N6O2. The van der Waals surface area contributed by atoms with E-state index < -0.39 is 17.7 Å². The summed E-state index contributed by atoms with van der Waals surface area (Å²) in [4.78, 5) is 20.5. The first kappa shape index (κ1) is 23.2. The zero-order valence-corrected chi connectivity index (χ0v) is 19.7. The van der Waals surface area contributed by atoms with Crippen molar-refractivity contribution in [2.75, 3.05) is 10.6 Å². The second-order valence-corrected chi connectivity index (χ2v) is 9.24. The van der Waals surface area contributed by atoms with Crippen LogP contribution >= 0.6 is 0 Å². The molecule has 5 aromatic rings. The number of urea groups is 1. The number of pyridine rings is 2. The van der Waals surface area contributed by atoms with Crippen LogP contribution in [-0.4, -0.2) is 25.6 Å². The van der Waals surface area contributed by atoms with Gasteiger partial charge in [-0.05, 0) is 35.9 Å². The lowest BCUT2D eigenvalue weighted by molar-refractivity contribution is 0.261. The summed E-state index contributed by atoms with van der Waals surface area (Å²) < 4.78 is 36.0. The largest absolute Gasteiger partial charge is 0.359 e. The summed E-state index contributed by atoms with van der Waals surface area (Å²) in [5.41, 5.74) is 2.57. The molecule has 0 aliphatic rings. The molecule has 0 unspecified atom stereocenters. The van der Waals surface area contributed by atoms with Gasteiger partial charge in [-0.1, -0.05) is 32.0 Å². The zero-order valence-electron chi connectivity index (χ0n) is 19.7. The highest BCUT2D eigenvalue weighted by Crippen LogP contribution is 2.29. The van der Waals surface area contributed by atoms with Crippen molar-refractivity contribution in [3.8, 4) is 22.4 Å². The van der Waals surface area contributed by atoms with Gasteiger partial charge in [0.1, 0.15) is 23.0 Å². The number of halogens is 2. The van der Waals surface area contributed by atoms with Crippen molar-refractivity contribution >= 4 is 23.2 Å². The minimum atomic E-state index is -0.652. The molecule has 10 heteroatoms. The highest BCUT2D eigenvalue weighted by Gasteiger charge is 2.20. The average molecular weight is 488 g/mol. The van der Waals surface area contributed by atoms with Gasteiger partial charge in [-0.25, -0.2) is 18.6 Å². The molecule has 0 spiro atoms. The van der Waals surface area contributed by atoms with Crippen molar-refractivity contribution in [2.45, 2.75) is 26.2 Å². The lowest BCUT2D eigenvalue weighted by Crippen LogP contribution is -2.20. The molecule has 4 aromatic heterocycles. The van der Waals surface area contributed by atoms with Crippen molar-refractivity contribution in [1.29, 1.82) is 0 Å². The minimum absolute atomic E-state index is 0.0000548. The van der Waals surface area contributed by atoms with E-state index in [0.717, 1.165) is 6.20 Å². The number of carbonyl (C=O) groups excluding carboxylic acids is 1. The van der Waals surface area contributed by atoms with Crippen molar-refractivity contribution in [2.24, 2.45) is 0 Å². The van der Waals surface area contributed by atoms with E-state index in [9.17, 15) is 13.6 Å². The van der Waals surface area contributed by atoms with E-state index in [1.807, 2.05) is 20.8 Å². The van der Waals surface area contributed by atoms with Crippen molar-refractivity contribution in [1.82, 2.24) is 19.5 Å². The molecule has 36 heavy (non-hydrogen) atoms. The molecular weight excluding hydrogens is 466 g/mol. The number of nitrogens with one attached hydrogen (secondary N) is 2. The average Bonchev–Trinajstić information content (AvgIpc) is 3.47. The van der Waals surface area contributed by atoms with Crippen molar-refractivity contribution < 1.29 is 18.1 Å². The molecule has 0 radical (unpaired) electrons. The molecule has 8 nitrogen and oxygen atoms in total. The van der Waals surface area contributed by atoms with E-state index in [1.165, 1.54) is 18.3 Å². The van der Waals surface area contributed by atoms with Crippen molar-refractivity contribution in [3.05, 3.63) is 84.6 Å². The first-order valence-corrected chi connectivity index (χ1v) is 11.1. The maximum atomic E-state index is 14.9. The Morgan fingerprint density at radius 2 is 1.81 bits per heavy atom. The van der Waals surface area contributed by atoms with Crippen LogP contribution in [0.25, 0.3) is 28.0 Å². The van der Waals surface area contributed by atoms with Gasteiger partial charge in [0, 0.05) is 35.0 Å². The van der Waals surface area contributed by atoms with Crippen LogP contribution in [0.1, 0.15) is 26.5 Å². The molecule has 2 N–H and O–H groups in total. The number of carbonyl (C=O) groups is 1. The summed E-state index contributed by atoms with van der Waals surface area (Å²) in [6.45, 7) is 5.87. The zero-order chi connectivity index (χ0) is 25.4. The SMILES string of the molecule is CC(C)(C)c1cc(NC(=O)Nc2ccc(-c3cnc4cc(-c5ccncc5F)ccn34)cc2F)no1. The molecule has 0 aliphatic carbocycles. The van der Waals surface area contributed by atoms with Gasteiger partial charge in [-0.2, -0.15) is 0 Å². The lowest BCUT2D eigenvalue weighted by Gasteiger charge is -2.12. The van der Waals surface area contributed by atoms with Gasteiger partial charge in [0.2, 0.25) is 0 Å². The van der Waals surface area contributed by atoms with Gasteiger partial charge < -0.3 is 9.84 Å². The third kappa shape index (κ3) is 4.52. The van der Waals surface area contributed by atoms with Crippen LogP contribution in [0.3, 0.4) is 0 Å². The van der Waals surface area contributed by atoms with Crippen LogP contribution < -0.4 is 10.6 Å². The Hall–Kier alpha value is -4.60. The first-order chi connectivity index (χ1) is 17.2. The fourth-order valence-corrected chi connectivity index (χ4v) is 3.70. The molecule has 0 bridgehead atoms. The monoisotopic (exact) mass is 488 g/mol. The van der Waals surface area contributed by atoms with E-state index in [-0.39, 0.29) is 16.9 Å². The number of amides is 2. The molecule has 0 saturated heterocycles. The van der Waals surface area contributed by atoms with Crippen LogP contribution in [0, 0.1) is 11.6 Å². The fraction of sp³-hybridized carbons (Fsp3) is 0.154. The Labute approximate surface area is 205 Å². The molecule has 0 aliphatic heterocycles. The minimum Gasteiger partial charge on any atom is -0.359 e. The summed E-state index contributed by atoms with van der Waals surface area (Å²) in [5.74, 6) is -0.213. The Morgan fingerprint density at radius 3 is 2.53 bits per heavy atom. The number of rotatable bonds is 4. The van der Waals surface area contributed by atoms with Crippen molar-refractivity contribution in [3.63, 3.8) is 0 Å². The fourth-order valence-electron chi connectivity index (χ4n) is 3.70. The standard InChI is InChI=1S/C26H22F2N6O2/c1-26(2,3)22-12-23(33-36-22)32-25(35)31-20-5-4-16(10-18(20)27)21-14-30-24-11-15(7-9-34(21)24)17-6-8-29-13-19(17)28/h4-14H,1-3H3,(H2,31,32,33,35). The molecule has 4 heterocycles. The van der Waals surface area contributed by atoms with E-state index in [0.29, 0.717) is 33.8 Å². The third-order valence-corrected chi connectivity index (χ3v) is 5.60. The molecule has 0 saturated carbocycles. The Balaban J connectivity index is 1.34. The third-order valence-electron chi connectivity index (χ3n) is 5.60. The molecule has 1 aromatic carbocycles. The Kier molecular flexibility index (Phi) is 5.71. The predicted molar refractivity (Wildman–Crippen MR) is 132 cm³/mol. The van der Waals surface area contributed by atoms with Gasteiger partial charge in [0.05, 0.1) is 23.8 Å². The van der Waals surface area contributed by atoms with Crippen LogP contribution in [0.2, 0.25) is 0 Å². The number of anilines is 2. The van der Waals surface area contributed by atoms with E-state index >= 15 is 0 Å². The maximum absolute atomic E-state index is 14.9. The highest BCUT2D eigenvalue weighted by atomic mass is 19.1. The van der Waals surface area contributed by atoms with Crippen LogP contribution in [0.5, 0.6) is 0 Å². The number of benzene rings is 1. The topological polar surface area (TPSA) is 97.3 Å². The summed E-state index contributed by atoms with van der Waals surface area (Å²) in [5, 5.41) is 8.83. The number of nitrogens with zero attached hydrogens (tertiary/aromatic N) is 4. The second-order valence-electron chi connectivity index (χ2n) is 9.24. The summed E-state index contributed by atoms with van der Waals surface area (Å²) >= 11 is 0. The normalized spacial score (nSPS) is 11.6. The molecule has 0 atom stereocenters. The van der Waals surface area contributed by atoms with E-state index in [4.69, 9.17) is 4.52 Å². The smallest absolute Gasteiger partial charge is 0.325 e. The van der Waals surface area contributed by atoms with Gasteiger partial charge in [0.15, 0.2) is 5.82 Å². The Bertz CT molecular complexity index is 1590. The lowest BCUT2D eigenvalue weighted by atomic mass is 9.93. The molecule has 2 amide bonds. The number of fused-ring (bicyclic) bond motifs is 1. The van der Waals surface area contributed by atoms with Gasteiger partial charge in [-0.3, -0.25) is 14.7 Å². The van der Waals surface area contributed by atoms with Gasteiger partial charge in [0.25, 0.3) is 0 Å². The Morgan fingerprint density at radius 1 is 0.972 bits per heavy atom. The van der Waals surface area contributed by atoms with Gasteiger partial charge in [-0.15, -0.1) is 0 Å². The molecule has 5 rings (SSSR count). The second kappa shape index (κ2) is 8.88. The molecule has 0 fully saturated rings. The van der Waals surface area contributed by atoms with E-state index in [2.05, 4.69) is 25.8 Å². The van der Waals surface area contributed by atoms with Crippen LogP contribution in [0.15, 0.2) is 71.8 Å². The van der Waals surface area contributed by atoms with E-state index in [1.54, 1.807) is 47.1 Å². The number of aromatic nitrogens is 4. The molecule has 182 valence electrons. The summed E-state index contributed by atoms with van der Waals surface area (Å²) in [6.07, 6.45) is 6.03. The number of hydrogen-bond acceptors (Lipinski definition) is 5. The summed E-state index contributed by atoms with van der Waals surface area (Å²) in [6, 6.07) is 10.5. The number of hydrogen-bond donors (Lipinski definition) is 2. The maximum Gasteiger partial charge on any atom is 0.325 e. The predicted octanol–water partition coefficient (Wildman–Crippen LogP) is 6.27. The van der Waals surface area contributed by atoms with Crippen LogP contribution in [0.4, 0.5) is 25.1 Å².